The minimum absolute atomic E-state index is 0.248. The predicted molar refractivity (Wildman–Crippen MR) is 79.0 cm³/mol. The number of hydrogen-bond donors (Lipinski definition) is 1. The fourth-order valence-electron chi connectivity index (χ4n) is 2.12. The molecule has 21 heavy (non-hydrogen) atoms. The molecule has 1 N–H and O–H groups in total. The first kappa shape index (κ1) is 15.5. The predicted octanol–water partition coefficient (Wildman–Crippen LogP) is 3.24. The quantitative estimate of drug-likeness (QED) is 0.830. The molecule has 0 spiro atoms. The molecule has 2 aromatic rings. The van der Waals surface area contributed by atoms with Gasteiger partial charge in [0.1, 0.15) is 24.3 Å². The van der Waals surface area contributed by atoms with Crippen molar-refractivity contribution < 1.29 is 19.0 Å². The Hall–Kier alpha value is -1.91. The Balaban J connectivity index is 2.30. The molecule has 0 aliphatic rings. The summed E-state index contributed by atoms with van der Waals surface area (Å²) in [5, 5.41) is 10.5. The Kier molecular flexibility index (Phi) is 5.31. The normalized spacial score (nSPS) is 12.2. The van der Waals surface area contributed by atoms with Crippen molar-refractivity contribution in [3.63, 3.8) is 0 Å². The fourth-order valence-corrected chi connectivity index (χ4v) is 2.12. The molecule has 2 aromatic carbocycles. The number of ether oxygens (including phenoxy) is 2. The van der Waals surface area contributed by atoms with Gasteiger partial charge in [-0.1, -0.05) is 36.4 Å². The van der Waals surface area contributed by atoms with E-state index >= 15 is 0 Å². The van der Waals surface area contributed by atoms with Gasteiger partial charge in [0.15, 0.2) is 0 Å². The lowest BCUT2D eigenvalue weighted by Gasteiger charge is -2.17. The van der Waals surface area contributed by atoms with Gasteiger partial charge in [0.2, 0.25) is 0 Å². The van der Waals surface area contributed by atoms with Gasteiger partial charge in [-0.15, -0.1) is 0 Å². The van der Waals surface area contributed by atoms with Gasteiger partial charge < -0.3 is 14.6 Å². The van der Waals surface area contributed by atoms with Crippen LogP contribution >= 0.6 is 0 Å². The van der Waals surface area contributed by atoms with Crippen LogP contribution in [0.4, 0.5) is 4.39 Å². The van der Waals surface area contributed by atoms with Crippen molar-refractivity contribution in [2.24, 2.45) is 0 Å². The number of aliphatic hydroxyl groups excluding tert-OH is 1. The number of aliphatic hydroxyl groups is 1. The van der Waals surface area contributed by atoms with Crippen LogP contribution in [0.2, 0.25) is 0 Å². The summed E-state index contributed by atoms with van der Waals surface area (Å²) in [6.07, 6.45) is -1.07. The standard InChI is InChI=1S/C17H19FO3/c1-12-6-5-8-14(16(12)18)17(19)13-7-3-4-9-15(13)21-11-10-20-2/h3-9,17,19H,10-11H2,1-2H3. The SMILES string of the molecule is COCCOc1ccccc1C(O)c1cccc(C)c1F. The second kappa shape index (κ2) is 7.20. The molecule has 0 aliphatic carbocycles. The maximum Gasteiger partial charge on any atom is 0.132 e. The molecule has 1 atom stereocenters. The van der Waals surface area contributed by atoms with E-state index in [0.717, 1.165) is 0 Å². The molecular weight excluding hydrogens is 271 g/mol. The van der Waals surface area contributed by atoms with E-state index in [4.69, 9.17) is 9.47 Å². The van der Waals surface area contributed by atoms with E-state index in [-0.39, 0.29) is 5.56 Å². The van der Waals surface area contributed by atoms with Gasteiger partial charge in [-0.3, -0.25) is 0 Å². The maximum absolute atomic E-state index is 14.2. The van der Waals surface area contributed by atoms with E-state index in [1.54, 1.807) is 50.4 Å². The first-order valence-electron chi connectivity index (χ1n) is 6.79. The van der Waals surface area contributed by atoms with Crippen molar-refractivity contribution in [3.05, 3.63) is 65.0 Å². The summed E-state index contributed by atoms with van der Waals surface area (Å²) in [5.74, 6) is 0.139. The first-order chi connectivity index (χ1) is 10.1. The van der Waals surface area contributed by atoms with Crippen LogP contribution in [0.5, 0.6) is 5.75 Å². The molecular formula is C17H19FO3. The van der Waals surface area contributed by atoms with Crippen molar-refractivity contribution in [1.29, 1.82) is 0 Å². The molecule has 4 heteroatoms. The van der Waals surface area contributed by atoms with Crippen molar-refractivity contribution >= 4 is 0 Å². The number of methoxy groups -OCH3 is 1. The topological polar surface area (TPSA) is 38.7 Å². The lowest BCUT2D eigenvalue weighted by Crippen LogP contribution is -2.09. The number of hydrogen-bond acceptors (Lipinski definition) is 3. The van der Waals surface area contributed by atoms with Crippen LogP contribution in [0.3, 0.4) is 0 Å². The summed E-state index contributed by atoms with van der Waals surface area (Å²) in [5.41, 5.74) is 1.29. The minimum atomic E-state index is -1.07. The summed E-state index contributed by atoms with van der Waals surface area (Å²) in [6, 6.07) is 12.1. The number of aryl methyl sites for hydroxylation is 1. The summed E-state index contributed by atoms with van der Waals surface area (Å²) >= 11 is 0. The van der Waals surface area contributed by atoms with Gasteiger partial charge in [0, 0.05) is 18.2 Å². The largest absolute Gasteiger partial charge is 0.491 e. The third-order valence-electron chi connectivity index (χ3n) is 3.27. The average Bonchev–Trinajstić information content (AvgIpc) is 2.50. The molecule has 1 unspecified atom stereocenters. The second-order valence-corrected chi connectivity index (χ2v) is 4.76. The molecule has 0 amide bonds. The highest BCUT2D eigenvalue weighted by molar-refractivity contribution is 5.41. The van der Waals surface area contributed by atoms with E-state index in [0.29, 0.717) is 30.1 Å². The van der Waals surface area contributed by atoms with Crippen molar-refractivity contribution in [2.45, 2.75) is 13.0 Å². The Morgan fingerprint density at radius 3 is 2.52 bits per heavy atom. The summed E-state index contributed by atoms with van der Waals surface area (Å²) < 4.78 is 24.7. The van der Waals surface area contributed by atoms with Crippen LogP contribution in [0.15, 0.2) is 42.5 Å². The van der Waals surface area contributed by atoms with Crippen LogP contribution < -0.4 is 4.74 Å². The third kappa shape index (κ3) is 3.60. The molecule has 0 aliphatic heterocycles. The van der Waals surface area contributed by atoms with Gasteiger partial charge >= 0.3 is 0 Å². The molecule has 0 heterocycles. The van der Waals surface area contributed by atoms with Crippen LogP contribution in [-0.2, 0) is 4.74 Å². The van der Waals surface area contributed by atoms with Gasteiger partial charge in [-0.25, -0.2) is 4.39 Å². The highest BCUT2D eigenvalue weighted by Crippen LogP contribution is 2.31. The van der Waals surface area contributed by atoms with Crippen molar-refractivity contribution in [3.8, 4) is 5.75 Å². The Labute approximate surface area is 124 Å². The number of rotatable bonds is 6. The van der Waals surface area contributed by atoms with Gasteiger partial charge in [0.05, 0.1) is 6.61 Å². The van der Waals surface area contributed by atoms with E-state index in [9.17, 15) is 9.50 Å². The lowest BCUT2D eigenvalue weighted by molar-refractivity contribution is 0.142. The Bertz CT molecular complexity index is 598. The molecule has 2 rings (SSSR count). The van der Waals surface area contributed by atoms with Crippen molar-refractivity contribution in [2.75, 3.05) is 20.3 Å². The molecule has 0 fully saturated rings. The average molecular weight is 290 g/mol. The molecule has 0 radical (unpaired) electrons. The molecule has 0 saturated carbocycles. The summed E-state index contributed by atoms with van der Waals surface area (Å²) in [6.45, 7) is 2.49. The van der Waals surface area contributed by atoms with Gasteiger partial charge in [-0.2, -0.15) is 0 Å². The van der Waals surface area contributed by atoms with Gasteiger partial charge in [0.25, 0.3) is 0 Å². The molecule has 112 valence electrons. The zero-order valence-corrected chi connectivity index (χ0v) is 12.2. The third-order valence-corrected chi connectivity index (χ3v) is 3.27. The van der Waals surface area contributed by atoms with Crippen LogP contribution in [0.1, 0.15) is 22.8 Å². The van der Waals surface area contributed by atoms with E-state index in [2.05, 4.69) is 0 Å². The lowest BCUT2D eigenvalue weighted by atomic mass is 9.98. The number of para-hydroxylation sites is 1. The second-order valence-electron chi connectivity index (χ2n) is 4.76. The fraction of sp³-hybridized carbons (Fsp3) is 0.294. The zero-order valence-electron chi connectivity index (χ0n) is 12.2. The van der Waals surface area contributed by atoms with Crippen LogP contribution in [0.25, 0.3) is 0 Å². The molecule has 0 bridgehead atoms. The molecule has 0 aromatic heterocycles. The molecule has 3 nitrogen and oxygen atoms in total. The van der Waals surface area contributed by atoms with Crippen LogP contribution in [0, 0.1) is 12.7 Å². The smallest absolute Gasteiger partial charge is 0.132 e. The van der Waals surface area contributed by atoms with E-state index in [1.807, 2.05) is 6.07 Å². The van der Waals surface area contributed by atoms with Crippen molar-refractivity contribution in [1.82, 2.24) is 0 Å². The zero-order chi connectivity index (χ0) is 15.2. The number of benzene rings is 2. The van der Waals surface area contributed by atoms with Gasteiger partial charge in [-0.05, 0) is 18.6 Å². The molecule has 0 saturated heterocycles. The van der Waals surface area contributed by atoms with Crippen LogP contribution in [-0.4, -0.2) is 25.4 Å². The monoisotopic (exact) mass is 290 g/mol. The highest BCUT2D eigenvalue weighted by atomic mass is 19.1. The Morgan fingerprint density at radius 1 is 1.05 bits per heavy atom. The maximum atomic E-state index is 14.2. The van der Waals surface area contributed by atoms with E-state index in [1.165, 1.54) is 0 Å². The minimum Gasteiger partial charge on any atom is -0.491 e. The first-order valence-corrected chi connectivity index (χ1v) is 6.79. The number of halogens is 1. The Morgan fingerprint density at radius 2 is 1.76 bits per heavy atom. The highest BCUT2D eigenvalue weighted by Gasteiger charge is 2.19. The summed E-state index contributed by atoms with van der Waals surface area (Å²) in [4.78, 5) is 0. The van der Waals surface area contributed by atoms with E-state index < -0.39 is 11.9 Å². The summed E-state index contributed by atoms with van der Waals surface area (Å²) in [7, 11) is 1.59.